The third-order valence-corrected chi connectivity index (χ3v) is 3.27. The molecule has 1 saturated carbocycles. The van der Waals surface area contributed by atoms with Gasteiger partial charge in [0.25, 0.3) is 0 Å². The average Bonchev–Trinajstić information content (AvgIpc) is 2.93. The quantitative estimate of drug-likeness (QED) is 0.730. The van der Waals surface area contributed by atoms with E-state index < -0.39 is 5.54 Å². The van der Waals surface area contributed by atoms with Crippen LogP contribution in [0.2, 0.25) is 0 Å². The second-order valence-corrected chi connectivity index (χ2v) is 4.99. The largest absolute Gasteiger partial charge is 0.368 e. The number of hydrogen-bond donors (Lipinski definition) is 2. The van der Waals surface area contributed by atoms with E-state index in [4.69, 9.17) is 5.73 Å². The fourth-order valence-electron chi connectivity index (χ4n) is 1.97. The van der Waals surface area contributed by atoms with E-state index in [0.717, 1.165) is 32.2 Å². The maximum absolute atomic E-state index is 11.5. The van der Waals surface area contributed by atoms with Gasteiger partial charge in [-0.15, -0.1) is 0 Å². The van der Waals surface area contributed by atoms with Crippen LogP contribution in [-0.4, -0.2) is 27.3 Å². The summed E-state index contributed by atoms with van der Waals surface area (Å²) in [6.45, 7) is 2.72. The van der Waals surface area contributed by atoms with Crippen molar-refractivity contribution in [1.82, 2.24) is 15.1 Å². The van der Waals surface area contributed by atoms with Crippen LogP contribution in [0.25, 0.3) is 0 Å². The second-order valence-electron chi connectivity index (χ2n) is 4.99. The van der Waals surface area contributed by atoms with Crippen molar-refractivity contribution in [2.45, 2.75) is 50.7 Å². The number of nitrogens with zero attached hydrogens (tertiary/aromatic N) is 2. The molecule has 5 heteroatoms. The van der Waals surface area contributed by atoms with Gasteiger partial charge in [-0.2, -0.15) is 5.10 Å². The van der Waals surface area contributed by atoms with Crippen molar-refractivity contribution in [3.63, 3.8) is 0 Å². The summed E-state index contributed by atoms with van der Waals surface area (Å²) >= 11 is 0. The number of carbonyl (C=O) groups excluding carboxylic acids is 1. The molecule has 94 valence electrons. The highest BCUT2D eigenvalue weighted by Gasteiger charge is 2.36. The zero-order chi connectivity index (χ0) is 12.3. The van der Waals surface area contributed by atoms with Crippen molar-refractivity contribution in [2.75, 3.05) is 0 Å². The Morgan fingerprint density at radius 2 is 2.41 bits per heavy atom. The minimum atomic E-state index is -0.575. The molecule has 1 aliphatic carbocycles. The van der Waals surface area contributed by atoms with Crippen molar-refractivity contribution in [1.29, 1.82) is 0 Å². The van der Waals surface area contributed by atoms with E-state index in [0.29, 0.717) is 6.04 Å². The molecule has 17 heavy (non-hydrogen) atoms. The van der Waals surface area contributed by atoms with Gasteiger partial charge in [-0.25, -0.2) is 0 Å². The van der Waals surface area contributed by atoms with Crippen LogP contribution < -0.4 is 11.1 Å². The molecule has 1 aromatic heterocycles. The first-order chi connectivity index (χ1) is 8.10. The fraction of sp³-hybridized carbons (Fsp3) is 0.667. The van der Waals surface area contributed by atoms with Gasteiger partial charge in [0.2, 0.25) is 5.91 Å². The van der Waals surface area contributed by atoms with Gasteiger partial charge in [0.05, 0.1) is 5.54 Å². The van der Waals surface area contributed by atoms with Crippen LogP contribution in [0.5, 0.6) is 0 Å². The average molecular weight is 236 g/mol. The lowest BCUT2D eigenvalue weighted by Gasteiger charge is -2.27. The van der Waals surface area contributed by atoms with Gasteiger partial charge in [-0.1, -0.05) is 0 Å². The first kappa shape index (κ1) is 12.1. The monoisotopic (exact) mass is 236 g/mol. The van der Waals surface area contributed by atoms with Crippen molar-refractivity contribution in [2.24, 2.45) is 5.73 Å². The summed E-state index contributed by atoms with van der Waals surface area (Å²) in [5, 5.41) is 7.48. The molecule has 0 radical (unpaired) electrons. The molecule has 1 aromatic rings. The Balaban J connectivity index is 1.82. The van der Waals surface area contributed by atoms with Gasteiger partial charge in [0, 0.05) is 25.0 Å². The first-order valence-corrected chi connectivity index (χ1v) is 6.15. The van der Waals surface area contributed by atoms with Crippen LogP contribution in [0.3, 0.4) is 0 Å². The smallest absolute Gasteiger partial charge is 0.237 e. The third kappa shape index (κ3) is 3.30. The van der Waals surface area contributed by atoms with E-state index in [1.807, 2.05) is 23.9 Å². The molecule has 1 aliphatic rings. The molecular formula is C12H20N4O. The molecule has 2 rings (SSSR count). The number of primary amides is 1. The number of rotatable bonds is 7. The summed E-state index contributed by atoms with van der Waals surface area (Å²) < 4.78 is 1.87. The predicted octanol–water partition coefficient (Wildman–Crippen LogP) is 0.659. The molecule has 1 heterocycles. The van der Waals surface area contributed by atoms with E-state index in [1.54, 1.807) is 6.20 Å². The summed E-state index contributed by atoms with van der Waals surface area (Å²) in [6, 6.07) is 2.38. The Bertz CT molecular complexity index is 372. The van der Waals surface area contributed by atoms with Crippen molar-refractivity contribution in [3.05, 3.63) is 18.5 Å². The minimum absolute atomic E-state index is 0.259. The Hall–Kier alpha value is -1.36. The second kappa shape index (κ2) is 4.87. The van der Waals surface area contributed by atoms with Crippen LogP contribution in [0.4, 0.5) is 0 Å². The molecule has 0 bridgehead atoms. The summed E-state index contributed by atoms with van der Waals surface area (Å²) in [4.78, 5) is 11.5. The maximum Gasteiger partial charge on any atom is 0.237 e. The Morgan fingerprint density at radius 3 is 2.94 bits per heavy atom. The molecule has 0 aromatic carbocycles. The third-order valence-electron chi connectivity index (χ3n) is 3.27. The molecule has 1 atom stereocenters. The van der Waals surface area contributed by atoms with Gasteiger partial charge < -0.3 is 11.1 Å². The van der Waals surface area contributed by atoms with E-state index >= 15 is 0 Å². The van der Waals surface area contributed by atoms with E-state index in [9.17, 15) is 4.79 Å². The van der Waals surface area contributed by atoms with E-state index in [-0.39, 0.29) is 5.91 Å². The number of nitrogens with two attached hydrogens (primary N) is 1. The summed E-state index contributed by atoms with van der Waals surface area (Å²) in [7, 11) is 0. The number of carbonyl (C=O) groups is 1. The van der Waals surface area contributed by atoms with Gasteiger partial charge in [-0.3, -0.25) is 9.48 Å². The molecule has 3 N–H and O–H groups in total. The van der Waals surface area contributed by atoms with Crippen LogP contribution in [0.1, 0.15) is 32.6 Å². The van der Waals surface area contributed by atoms with E-state index in [1.165, 1.54) is 0 Å². The molecule has 1 fully saturated rings. The zero-order valence-electron chi connectivity index (χ0n) is 10.2. The lowest BCUT2D eigenvalue weighted by atomic mass is 9.94. The molecule has 0 spiro atoms. The van der Waals surface area contributed by atoms with Gasteiger partial charge >= 0.3 is 0 Å². The van der Waals surface area contributed by atoms with Crippen LogP contribution in [0, 0.1) is 0 Å². The molecule has 1 amide bonds. The van der Waals surface area contributed by atoms with Gasteiger partial charge in [0.1, 0.15) is 0 Å². The van der Waals surface area contributed by atoms with Crippen molar-refractivity contribution in [3.8, 4) is 0 Å². The lowest BCUT2D eigenvalue weighted by molar-refractivity contribution is -0.124. The Morgan fingerprint density at radius 1 is 1.65 bits per heavy atom. The van der Waals surface area contributed by atoms with Crippen molar-refractivity contribution < 1.29 is 4.79 Å². The minimum Gasteiger partial charge on any atom is -0.368 e. The molecule has 0 saturated heterocycles. The van der Waals surface area contributed by atoms with Crippen LogP contribution >= 0.6 is 0 Å². The summed E-state index contributed by atoms with van der Waals surface area (Å²) in [5.41, 5.74) is 4.91. The molecule has 0 aliphatic heterocycles. The number of aromatic nitrogens is 2. The molecule has 1 unspecified atom stereocenters. The van der Waals surface area contributed by atoms with Crippen LogP contribution in [-0.2, 0) is 11.3 Å². The first-order valence-electron chi connectivity index (χ1n) is 6.15. The summed E-state index contributed by atoms with van der Waals surface area (Å²) in [6.07, 6.45) is 7.63. The van der Waals surface area contributed by atoms with E-state index in [2.05, 4.69) is 10.4 Å². The highest BCUT2D eigenvalue weighted by atomic mass is 16.1. The normalized spacial score (nSPS) is 18.9. The summed E-state index contributed by atoms with van der Waals surface area (Å²) in [5.74, 6) is -0.259. The Labute approximate surface area is 101 Å². The lowest BCUT2D eigenvalue weighted by Crippen LogP contribution is -2.54. The van der Waals surface area contributed by atoms with Gasteiger partial charge in [0.15, 0.2) is 0 Å². The van der Waals surface area contributed by atoms with Gasteiger partial charge in [-0.05, 0) is 38.7 Å². The van der Waals surface area contributed by atoms with Crippen LogP contribution in [0.15, 0.2) is 18.5 Å². The molecule has 5 nitrogen and oxygen atoms in total. The SMILES string of the molecule is CC(CCCn1cccn1)(NC1CC1)C(N)=O. The predicted molar refractivity (Wildman–Crippen MR) is 65.2 cm³/mol. The number of hydrogen-bond acceptors (Lipinski definition) is 3. The highest BCUT2D eigenvalue weighted by molar-refractivity contribution is 5.84. The Kier molecular flexibility index (Phi) is 3.47. The number of aryl methyl sites for hydroxylation is 1. The standard InChI is InChI=1S/C12H20N4O/c1-12(11(13)17,15-10-4-5-10)6-2-8-16-9-3-7-14-16/h3,7,9-10,15H,2,4-6,8H2,1H3,(H2,13,17). The van der Waals surface area contributed by atoms with Crippen molar-refractivity contribution >= 4 is 5.91 Å². The number of amides is 1. The zero-order valence-corrected chi connectivity index (χ0v) is 10.2. The highest BCUT2D eigenvalue weighted by Crippen LogP contribution is 2.24. The maximum atomic E-state index is 11.5. The topological polar surface area (TPSA) is 72.9 Å². The fourth-order valence-corrected chi connectivity index (χ4v) is 1.97. The molecular weight excluding hydrogens is 216 g/mol. The number of nitrogens with one attached hydrogen (secondary N) is 1.